The molecule has 72 heavy (non-hydrogen) atoms. The standard InChI is InChI=1S/C59H117NO11S/c1-3-5-7-9-11-13-15-17-19-21-23-25-27-28-30-32-34-36-38-40-42-44-46-48-53(62)52(51-69-59-57(65)58(71-72(66,67)68)56(64)54(50-61)70-59)60-55(63)49-47-45-43-41-39-37-35-33-31-29-26-24-22-20-18-16-14-12-10-8-6-4-2/h52-54,56-59,61-62,64-65H,3-51H2,1-2H3,(H,60,63)(H,66,67,68). The van der Waals surface area contributed by atoms with Crippen molar-refractivity contribution in [1.82, 2.24) is 5.32 Å². The van der Waals surface area contributed by atoms with Gasteiger partial charge in [0.25, 0.3) is 0 Å². The zero-order valence-electron chi connectivity index (χ0n) is 46.8. The Balaban J connectivity index is 2.31. The van der Waals surface area contributed by atoms with Crippen molar-refractivity contribution in [2.45, 2.75) is 358 Å². The minimum Gasteiger partial charge on any atom is -0.394 e. The topological polar surface area (TPSA) is 192 Å². The molecule has 12 nitrogen and oxygen atoms in total. The van der Waals surface area contributed by atoms with E-state index < -0.39 is 59.9 Å². The van der Waals surface area contributed by atoms with Crippen LogP contribution in [-0.4, -0.2) is 95.4 Å². The van der Waals surface area contributed by atoms with Gasteiger partial charge in [0.15, 0.2) is 6.29 Å². The fourth-order valence-electron chi connectivity index (χ4n) is 10.4. The lowest BCUT2D eigenvalue weighted by Gasteiger charge is -2.41. The van der Waals surface area contributed by atoms with Crippen LogP contribution >= 0.6 is 0 Å². The molecule has 1 heterocycles. The Hall–Kier alpha value is -0.900. The molecule has 0 radical (unpaired) electrons. The highest BCUT2D eigenvalue weighted by Gasteiger charge is 2.48. The average molecular weight is 1050 g/mol. The molecule has 0 aliphatic carbocycles. The van der Waals surface area contributed by atoms with Crippen molar-refractivity contribution < 1.29 is 51.8 Å². The molecule has 13 heteroatoms. The maximum absolute atomic E-state index is 13.2. The third-order valence-electron chi connectivity index (χ3n) is 15.2. The molecule has 1 fully saturated rings. The van der Waals surface area contributed by atoms with Crippen molar-refractivity contribution in [1.29, 1.82) is 0 Å². The molecule has 0 spiro atoms. The van der Waals surface area contributed by atoms with Gasteiger partial charge in [-0.3, -0.25) is 9.35 Å². The summed E-state index contributed by atoms with van der Waals surface area (Å²) in [6, 6.07) is -0.854. The van der Waals surface area contributed by atoms with E-state index in [1.54, 1.807) is 0 Å². The van der Waals surface area contributed by atoms with E-state index in [9.17, 15) is 38.2 Å². The molecule has 7 unspecified atom stereocenters. The first-order valence-corrected chi connectivity index (χ1v) is 32.3. The smallest absolute Gasteiger partial charge is 0.394 e. The first-order valence-electron chi connectivity index (χ1n) is 30.9. The van der Waals surface area contributed by atoms with E-state index in [0.29, 0.717) is 12.8 Å². The number of ether oxygens (including phenoxy) is 2. The second kappa shape index (κ2) is 49.7. The van der Waals surface area contributed by atoms with E-state index in [4.69, 9.17) is 9.47 Å². The third kappa shape index (κ3) is 41.3. The molecule has 0 saturated carbocycles. The lowest BCUT2D eigenvalue weighted by molar-refractivity contribution is -0.298. The lowest BCUT2D eigenvalue weighted by atomic mass is 9.99. The number of nitrogens with one attached hydrogen (secondary N) is 1. The van der Waals surface area contributed by atoms with E-state index in [2.05, 4.69) is 23.3 Å². The summed E-state index contributed by atoms with van der Waals surface area (Å²) in [5, 5.41) is 45.2. The Bertz CT molecular complexity index is 1280. The maximum atomic E-state index is 13.2. The summed E-state index contributed by atoms with van der Waals surface area (Å²) in [5.74, 6) is -0.221. The Kier molecular flexibility index (Phi) is 47.7. The Morgan fingerprint density at radius 1 is 0.500 bits per heavy atom. The second-order valence-corrected chi connectivity index (χ2v) is 23.1. The van der Waals surface area contributed by atoms with Crippen LogP contribution in [0, 0.1) is 0 Å². The summed E-state index contributed by atoms with van der Waals surface area (Å²) in [7, 11) is -5.08. The molecule has 1 amide bonds. The molecule has 1 rings (SSSR count). The van der Waals surface area contributed by atoms with Crippen molar-refractivity contribution in [3.8, 4) is 0 Å². The maximum Gasteiger partial charge on any atom is 0.397 e. The van der Waals surface area contributed by atoms with Gasteiger partial charge in [-0.1, -0.05) is 296 Å². The summed E-state index contributed by atoms with van der Waals surface area (Å²) in [5.41, 5.74) is 0. The highest BCUT2D eigenvalue weighted by atomic mass is 32.3. The molecule has 0 aromatic rings. The minimum atomic E-state index is -5.08. The van der Waals surface area contributed by atoms with E-state index in [0.717, 1.165) is 51.4 Å². The van der Waals surface area contributed by atoms with Crippen LogP contribution in [0.25, 0.3) is 0 Å². The number of rotatable bonds is 55. The quantitative estimate of drug-likeness (QED) is 0.0251. The minimum absolute atomic E-state index is 0.221. The predicted molar refractivity (Wildman–Crippen MR) is 296 cm³/mol. The van der Waals surface area contributed by atoms with Gasteiger partial charge in [-0.05, 0) is 12.8 Å². The summed E-state index contributed by atoms with van der Waals surface area (Å²) in [6.07, 6.45) is 49.7. The van der Waals surface area contributed by atoms with Gasteiger partial charge < -0.3 is 35.2 Å². The SMILES string of the molecule is CCCCCCCCCCCCCCCCCCCCCCCCCC(O)C(COC1OC(CO)C(O)C(OS(=O)(=O)O)C1O)NC(=O)CCCCCCCCCCCCCCCCCCCCCCCC. The second-order valence-electron chi connectivity index (χ2n) is 22.0. The van der Waals surface area contributed by atoms with Crippen molar-refractivity contribution in [3.63, 3.8) is 0 Å². The van der Waals surface area contributed by atoms with Crippen molar-refractivity contribution in [2.24, 2.45) is 0 Å². The van der Waals surface area contributed by atoms with Gasteiger partial charge in [0.1, 0.15) is 24.4 Å². The van der Waals surface area contributed by atoms with Crippen molar-refractivity contribution in [3.05, 3.63) is 0 Å². The van der Waals surface area contributed by atoms with Crippen molar-refractivity contribution in [2.75, 3.05) is 13.2 Å². The van der Waals surface area contributed by atoms with Gasteiger partial charge in [-0.2, -0.15) is 8.42 Å². The molecule has 1 aliphatic heterocycles. The van der Waals surface area contributed by atoms with Gasteiger partial charge in [-0.15, -0.1) is 0 Å². The fourth-order valence-corrected chi connectivity index (χ4v) is 10.9. The zero-order valence-corrected chi connectivity index (χ0v) is 47.6. The summed E-state index contributed by atoms with van der Waals surface area (Å²) < 4.78 is 48.0. The van der Waals surface area contributed by atoms with Crippen LogP contribution in [0.4, 0.5) is 0 Å². The summed E-state index contributed by atoms with van der Waals surface area (Å²) in [6.45, 7) is 3.52. The van der Waals surface area contributed by atoms with Crippen LogP contribution in [0.15, 0.2) is 0 Å². The fraction of sp³-hybridized carbons (Fsp3) is 0.983. The number of unbranched alkanes of at least 4 members (excludes halogenated alkanes) is 43. The molecular weight excluding hydrogens is 931 g/mol. The van der Waals surface area contributed by atoms with E-state index in [1.165, 1.54) is 238 Å². The number of hydrogen-bond donors (Lipinski definition) is 6. The monoisotopic (exact) mass is 1050 g/mol. The Labute approximate surface area is 443 Å². The highest BCUT2D eigenvalue weighted by molar-refractivity contribution is 7.80. The Morgan fingerprint density at radius 3 is 1.11 bits per heavy atom. The van der Waals surface area contributed by atoms with Gasteiger partial charge >= 0.3 is 10.4 Å². The van der Waals surface area contributed by atoms with Gasteiger partial charge in [0.2, 0.25) is 5.91 Å². The number of hydrogen-bond acceptors (Lipinski definition) is 10. The van der Waals surface area contributed by atoms with E-state index in [-0.39, 0.29) is 12.5 Å². The van der Waals surface area contributed by atoms with Crippen LogP contribution in [0.2, 0.25) is 0 Å². The number of amides is 1. The molecule has 7 atom stereocenters. The highest BCUT2D eigenvalue weighted by Crippen LogP contribution is 2.26. The number of carbonyl (C=O) groups excluding carboxylic acids is 1. The van der Waals surface area contributed by atoms with E-state index >= 15 is 0 Å². The van der Waals surface area contributed by atoms with Gasteiger partial charge in [0.05, 0.1) is 25.4 Å². The number of aliphatic hydroxyl groups excluding tert-OH is 4. The molecule has 0 bridgehead atoms. The lowest BCUT2D eigenvalue weighted by Crippen LogP contribution is -2.61. The van der Waals surface area contributed by atoms with Gasteiger partial charge in [-0.25, -0.2) is 4.18 Å². The normalized spacial score (nSPS) is 19.2. The van der Waals surface area contributed by atoms with Crippen LogP contribution < -0.4 is 5.32 Å². The number of carbonyl (C=O) groups is 1. The van der Waals surface area contributed by atoms with Crippen LogP contribution in [-0.2, 0) is 28.9 Å². The van der Waals surface area contributed by atoms with Crippen LogP contribution in [0.1, 0.15) is 316 Å². The van der Waals surface area contributed by atoms with Crippen molar-refractivity contribution >= 4 is 16.3 Å². The summed E-state index contributed by atoms with van der Waals surface area (Å²) in [4.78, 5) is 13.2. The average Bonchev–Trinajstić information content (AvgIpc) is 3.36. The molecule has 430 valence electrons. The molecular formula is C59H117NO11S. The largest absolute Gasteiger partial charge is 0.397 e. The number of aliphatic hydroxyl groups is 4. The molecule has 6 N–H and O–H groups in total. The van der Waals surface area contributed by atoms with E-state index in [1.807, 2.05) is 0 Å². The molecule has 1 saturated heterocycles. The predicted octanol–water partition coefficient (Wildman–Crippen LogP) is 14.9. The first kappa shape index (κ1) is 69.1. The van der Waals surface area contributed by atoms with Crippen LogP contribution in [0.3, 0.4) is 0 Å². The van der Waals surface area contributed by atoms with Crippen LogP contribution in [0.5, 0.6) is 0 Å². The Morgan fingerprint density at radius 2 is 0.806 bits per heavy atom. The zero-order chi connectivity index (χ0) is 52.6. The first-order chi connectivity index (χ1) is 35.0. The third-order valence-corrected chi connectivity index (χ3v) is 15.6. The molecule has 1 aliphatic rings. The van der Waals surface area contributed by atoms with Gasteiger partial charge in [0, 0.05) is 6.42 Å². The summed E-state index contributed by atoms with van der Waals surface area (Å²) >= 11 is 0. The molecule has 0 aromatic heterocycles. The molecule has 0 aromatic carbocycles.